The van der Waals surface area contributed by atoms with E-state index < -0.39 is 11.8 Å². The molecule has 0 fully saturated rings. The predicted octanol–water partition coefficient (Wildman–Crippen LogP) is 3.53. The Balaban J connectivity index is 1.81. The van der Waals surface area contributed by atoms with E-state index in [1.165, 1.54) is 30.3 Å². The van der Waals surface area contributed by atoms with Gasteiger partial charge in [0.2, 0.25) is 0 Å². The molecule has 2 amide bonds. The highest BCUT2D eigenvalue weighted by Gasteiger charge is 2.39. The van der Waals surface area contributed by atoms with Gasteiger partial charge in [0.05, 0.1) is 27.9 Å². The van der Waals surface area contributed by atoms with E-state index in [0.717, 1.165) is 10.5 Å². The Morgan fingerprint density at radius 2 is 1.59 bits per heavy atom. The summed E-state index contributed by atoms with van der Waals surface area (Å²) in [5, 5.41) is 28.7. The van der Waals surface area contributed by atoms with Crippen molar-refractivity contribution in [2.24, 2.45) is 0 Å². The van der Waals surface area contributed by atoms with Crippen LogP contribution in [0, 0.1) is 22.7 Å². The third-order valence-corrected chi connectivity index (χ3v) is 4.86. The van der Waals surface area contributed by atoms with Gasteiger partial charge in [-0.15, -0.1) is 0 Å². The average molecular weight is 379 g/mol. The standard InChI is InChI=1S/C23H13N3O3/c24-12-15-6-7-17(11-16(15)13-25)26-22(28)18-8-9-20(27)19(21(18)23(26)29)10-14-4-2-1-3-5-14/h1-9,11,27H,10H2. The fraction of sp³-hybridized carbons (Fsp3) is 0.0435. The van der Waals surface area contributed by atoms with Crippen molar-refractivity contribution in [1.82, 2.24) is 0 Å². The Bertz CT molecular complexity index is 1250. The van der Waals surface area contributed by atoms with Gasteiger partial charge in [-0.1, -0.05) is 30.3 Å². The van der Waals surface area contributed by atoms with Gasteiger partial charge in [-0.2, -0.15) is 10.5 Å². The second-order valence-electron chi connectivity index (χ2n) is 6.55. The van der Waals surface area contributed by atoms with Gasteiger partial charge in [0.1, 0.15) is 17.9 Å². The topological polar surface area (TPSA) is 105 Å². The Morgan fingerprint density at radius 1 is 0.862 bits per heavy atom. The van der Waals surface area contributed by atoms with Gasteiger partial charge >= 0.3 is 0 Å². The van der Waals surface area contributed by atoms with Crippen LogP contribution in [0.1, 0.15) is 43.0 Å². The van der Waals surface area contributed by atoms with Gasteiger partial charge in [-0.3, -0.25) is 9.59 Å². The van der Waals surface area contributed by atoms with Gasteiger partial charge in [0, 0.05) is 12.0 Å². The molecule has 0 spiro atoms. The molecule has 138 valence electrons. The largest absolute Gasteiger partial charge is 0.508 e. The van der Waals surface area contributed by atoms with Crippen LogP contribution in [0.15, 0.2) is 60.7 Å². The minimum Gasteiger partial charge on any atom is -0.508 e. The van der Waals surface area contributed by atoms with Crippen LogP contribution in [0.3, 0.4) is 0 Å². The second-order valence-corrected chi connectivity index (χ2v) is 6.55. The summed E-state index contributed by atoms with van der Waals surface area (Å²) in [7, 11) is 0. The third kappa shape index (κ3) is 2.90. The zero-order valence-corrected chi connectivity index (χ0v) is 15.1. The monoisotopic (exact) mass is 379 g/mol. The first kappa shape index (κ1) is 18.0. The zero-order chi connectivity index (χ0) is 20.5. The van der Waals surface area contributed by atoms with E-state index >= 15 is 0 Å². The molecule has 3 aromatic rings. The predicted molar refractivity (Wildman–Crippen MR) is 104 cm³/mol. The molecular formula is C23H13N3O3. The van der Waals surface area contributed by atoms with Crippen molar-refractivity contribution in [3.8, 4) is 17.9 Å². The van der Waals surface area contributed by atoms with E-state index in [-0.39, 0.29) is 33.7 Å². The zero-order valence-electron chi connectivity index (χ0n) is 15.1. The lowest BCUT2D eigenvalue weighted by Crippen LogP contribution is -2.29. The fourth-order valence-corrected chi connectivity index (χ4v) is 3.46. The smallest absolute Gasteiger partial charge is 0.266 e. The van der Waals surface area contributed by atoms with Crippen LogP contribution in [-0.4, -0.2) is 16.9 Å². The lowest BCUT2D eigenvalue weighted by atomic mass is 9.96. The number of anilines is 1. The molecule has 1 aliphatic heterocycles. The minimum atomic E-state index is -0.569. The van der Waals surface area contributed by atoms with Crippen molar-refractivity contribution in [1.29, 1.82) is 10.5 Å². The minimum absolute atomic E-state index is 0.0619. The molecule has 6 nitrogen and oxygen atoms in total. The first-order chi connectivity index (χ1) is 14.0. The molecule has 0 aromatic heterocycles. The van der Waals surface area contributed by atoms with Gasteiger partial charge < -0.3 is 5.11 Å². The second kappa shape index (κ2) is 6.95. The lowest BCUT2D eigenvalue weighted by Gasteiger charge is -2.15. The van der Waals surface area contributed by atoms with E-state index in [1.807, 2.05) is 42.5 Å². The Labute approximate surface area is 166 Å². The van der Waals surface area contributed by atoms with E-state index in [0.29, 0.717) is 12.0 Å². The highest BCUT2D eigenvalue weighted by atomic mass is 16.3. The molecule has 1 N–H and O–H groups in total. The van der Waals surface area contributed by atoms with Gasteiger partial charge in [-0.05, 0) is 35.9 Å². The molecule has 6 heteroatoms. The normalized spacial score (nSPS) is 12.4. The quantitative estimate of drug-likeness (QED) is 0.701. The first-order valence-electron chi connectivity index (χ1n) is 8.77. The van der Waals surface area contributed by atoms with E-state index in [2.05, 4.69) is 0 Å². The van der Waals surface area contributed by atoms with Crippen molar-refractivity contribution in [3.63, 3.8) is 0 Å². The summed E-state index contributed by atoms with van der Waals surface area (Å²) in [5.41, 5.74) is 2.06. The summed E-state index contributed by atoms with van der Waals surface area (Å²) in [6, 6.07) is 20.2. The number of hydrogen-bond acceptors (Lipinski definition) is 5. The molecule has 4 rings (SSSR count). The maximum atomic E-state index is 13.2. The number of carbonyl (C=O) groups excluding carboxylic acids is 2. The number of carbonyl (C=O) groups is 2. The molecule has 3 aromatic carbocycles. The number of hydrogen-bond donors (Lipinski definition) is 1. The van der Waals surface area contributed by atoms with Gasteiger partial charge in [0.25, 0.3) is 11.8 Å². The molecule has 1 heterocycles. The number of benzene rings is 3. The highest BCUT2D eigenvalue weighted by molar-refractivity contribution is 6.35. The number of imide groups is 1. The average Bonchev–Trinajstić information content (AvgIpc) is 3.00. The van der Waals surface area contributed by atoms with Crippen LogP contribution in [0.25, 0.3) is 0 Å². The molecule has 0 unspecified atom stereocenters. The van der Waals surface area contributed by atoms with Crippen LogP contribution in [-0.2, 0) is 6.42 Å². The number of fused-ring (bicyclic) bond motifs is 1. The molecule has 0 aliphatic carbocycles. The summed E-state index contributed by atoms with van der Waals surface area (Å²) >= 11 is 0. The fourth-order valence-electron chi connectivity index (χ4n) is 3.46. The van der Waals surface area contributed by atoms with Crippen LogP contribution >= 0.6 is 0 Å². The number of nitrogens with zero attached hydrogens (tertiary/aromatic N) is 3. The molecule has 0 radical (unpaired) electrons. The van der Waals surface area contributed by atoms with Crippen molar-refractivity contribution in [3.05, 3.63) is 94.0 Å². The van der Waals surface area contributed by atoms with E-state index in [9.17, 15) is 20.0 Å². The van der Waals surface area contributed by atoms with Gasteiger partial charge in [0.15, 0.2) is 0 Å². The molecule has 1 aliphatic rings. The van der Waals surface area contributed by atoms with Crippen LogP contribution < -0.4 is 4.90 Å². The number of amides is 2. The third-order valence-electron chi connectivity index (χ3n) is 4.86. The molecular weight excluding hydrogens is 366 g/mol. The summed E-state index contributed by atoms with van der Waals surface area (Å²) in [6.07, 6.45) is 0.291. The molecule has 0 saturated carbocycles. The maximum Gasteiger partial charge on any atom is 0.266 e. The molecule has 0 atom stereocenters. The molecule has 0 bridgehead atoms. The number of aromatic hydroxyl groups is 1. The van der Waals surface area contributed by atoms with Crippen molar-refractivity contribution < 1.29 is 14.7 Å². The van der Waals surface area contributed by atoms with Crippen molar-refractivity contribution >= 4 is 17.5 Å². The SMILES string of the molecule is N#Cc1ccc(N2C(=O)c3ccc(O)c(Cc4ccccc4)c3C2=O)cc1C#N. The Kier molecular flexibility index (Phi) is 4.31. The molecule has 0 saturated heterocycles. The van der Waals surface area contributed by atoms with E-state index in [1.54, 1.807) is 0 Å². The molecule has 29 heavy (non-hydrogen) atoms. The van der Waals surface area contributed by atoms with E-state index in [4.69, 9.17) is 5.26 Å². The first-order valence-corrected chi connectivity index (χ1v) is 8.77. The Morgan fingerprint density at radius 3 is 2.28 bits per heavy atom. The van der Waals surface area contributed by atoms with Crippen molar-refractivity contribution in [2.75, 3.05) is 4.90 Å². The lowest BCUT2D eigenvalue weighted by molar-refractivity contribution is 0.0926. The maximum absolute atomic E-state index is 13.2. The van der Waals surface area contributed by atoms with Crippen molar-refractivity contribution in [2.45, 2.75) is 6.42 Å². The number of phenols is 1. The number of rotatable bonds is 3. The summed E-state index contributed by atoms with van der Waals surface area (Å²) in [5.74, 6) is -1.17. The number of phenolic OH excluding ortho intramolecular Hbond substituents is 1. The summed E-state index contributed by atoms with van der Waals surface area (Å²) < 4.78 is 0. The van der Waals surface area contributed by atoms with Crippen LogP contribution in [0.2, 0.25) is 0 Å². The van der Waals surface area contributed by atoms with Crippen LogP contribution in [0.5, 0.6) is 5.75 Å². The van der Waals surface area contributed by atoms with Crippen LogP contribution in [0.4, 0.5) is 5.69 Å². The summed E-state index contributed by atoms with van der Waals surface area (Å²) in [4.78, 5) is 27.1. The number of nitriles is 2. The Hall–Kier alpha value is -4.42. The highest BCUT2D eigenvalue weighted by Crippen LogP contribution is 2.36. The van der Waals surface area contributed by atoms with Gasteiger partial charge in [-0.25, -0.2) is 4.90 Å². The summed E-state index contributed by atoms with van der Waals surface area (Å²) in [6.45, 7) is 0.